The number of rotatable bonds is 13. The summed E-state index contributed by atoms with van der Waals surface area (Å²) in [5.41, 5.74) is 3.25. The Morgan fingerprint density at radius 2 is 1.84 bits per heavy atom. The van der Waals surface area contributed by atoms with Gasteiger partial charge in [-0.05, 0) is 65.9 Å². The first-order valence-corrected chi connectivity index (χ1v) is 16.2. The van der Waals surface area contributed by atoms with Crippen LogP contribution in [0.25, 0.3) is 10.9 Å². The lowest BCUT2D eigenvalue weighted by Gasteiger charge is -2.22. The summed E-state index contributed by atoms with van der Waals surface area (Å²) in [4.78, 5) is 30.6. The van der Waals surface area contributed by atoms with E-state index < -0.39 is 0 Å². The van der Waals surface area contributed by atoms with E-state index in [1.54, 1.807) is 0 Å². The van der Waals surface area contributed by atoms with Crippen LogP contribution in [0, 0.1) is 0 Å². The van der Waals surface area contributed by atoms with Crippen molar-refractivity contribution in [3.05, 3.63) is 112 Å². The minimum absolute atomic E-state index is 0.0221. The SMILES string of the molecule is Cn1cc(C(=O)c2cccs2)c2cc(C(=O)NCCCN(CCSc3ccccc3)Cc3ccc4c(c3)OCO4)ccc21. The molecule has 0 saturated carbocycles. The molecule has 0 fully saturated rings. The first-order chi connectivity index (χ1) is 21.0. The van der Waals surface area contributed by atoms with Crippen LogP contribution in [0.5, 0.6) is 11.5 Å². The number of nitrogens with one attached hydrogen (secondary N) is 1. The van der Waals surface area contributed by atoms with Gasteiger partial charge in [-0.15, -0.1) is 23.1 Å². The zero-order valence-corrected chi connectivity index (χ0v) is 25.6. The molecule has 7 nitrogen and oxygen atoms in total. The van der Waals surface area contributed by atoms with Gasteiger partial charge in [0.15, 0.2) is 11.5 Å². The number of benzene rings is 3. The zero-order valence-electron chi connectivity index (χ0n) is 24.0. The van der Waals surface area contributed by atoms with E-state index >= 15 is 0 Å². The van der Waals surface area contributed by atoms with E-state index in [0.717, 1.165) is 54.2 Å². The molecule has 0 aliphatic carbocycles. The fourth-order valence-corrected chi connectivity index (χ4v) is 6.85. The van der Waals surface area contributed by atoms with Gasteiger partial charge in [0.05, 0.1) is 4.88 Å². The molecule has 9 heteroatoms. The molecule has 6 rings (SSSR count). The predicted molar refractivity (Wildman–Crippen MR) is 173 cm³/mol. The molecular weight excluding hydrogens is 579 g/mol. The number of aromatic nitrogens is 1. The van der Waals surface area contributed by atoms with Gasteiger partial charge in [0.25, 0.3) is 5.91 Å². The molecule has 1 N–H and O–H groups in total. The Labute approximate surface area is 259 Å². The third kappa shape index (κ3) is 6.96. The molecule has 1 aliphatic rings. The van der Waals surface area contributed by atoms with E-state index in [9.17, 15) is 9.59 Å². The molecule has 0 bridgehead atoms. The van der Waals surface area contributed by atoms with Crippen LogP contribution in [-0.2, 0) is 13.6 Å². The minimum Gasteiger partial charge on any atom is -0.454 e. The van der Waals surface area contributed by atoms with Gasteiger partial charge in [0, 0.05) is 72.1 Å². The number of amides is 1. The summed E-state index contributed by atoms with van der Waals surface area (Å²) in [6.45, 7) is 3.34. The molecule has 2 aromatic heterocycles. The molecule has 0 spiro atoms. The third-order valence-corrected chi connectivity index (χ3v) is 9.30. The van der Waals surface area contributed by atoms with Crippen LogP contribution in [-0.4, -0.2) is 53.3 Å². The molecule has 0 unspecified atom stereocenters. The van der Waals surface area contributed by atoms with Crippen molar-refractivity contribution in [2.45, 2.75) is 17.9 Å². The fourth-order valence-electron chi connectivity index (χ4n) is 5.24. The number of fused-ring (bicyclic) bond motifs is 2. The number of thioether (sulfide) groups is 1. The van der Waals surface area contributed by atoms with Gasteiger partial charge in [-0.2, -0.15) is 0 Å². The smallest absolute Gasteiger partial charge is 0.251 e. The van der Waals surface area contributed by atoms with Crippen LogP contribution in [0.15, 0.2) is 95.3 Å². The van der Waals surface area contributed by atoms with Crippen LogP contribution >= 0.6 is 23.1 Å². The van der Waals surface area contributed by atoms with Crippen molar-refractivity contribution < 1.29 is 19.1 Å². The maximum Gasteiger partial charge on any atom is 0.251 e. The lowest BCUT2D eigenvalue weighted by Crippen LogP contribution is -2.31. The van der Waals surface area contributed by atoms with Gasteiger partial charge in [0.1, 0.15) is 0 Å². The Kier molecular flexibility index (Phi) is 9.12. The Morgan fingerprint density at radius 1 is 0.977 bits per heavy atom. The normalized spacial score (nSPS) is 12.2. The summed E-state index contributed by atoms with van der Waals surface area (Å²) in [5.74, 6) is 2.38. The van der Waals surface area contributed by atoms with Gasteiger partial charge in [0.2, 0.25) is 12.6 Å². The lowest BCUT2D eigenvalue weighted by molar-refractivity contribution is 0.0950. The summed E-state index contributed by atoms with van der Waals surface area (Å²) in [6.07, 6.45) is 2.65. The number of nitrogens with zero attached hydrogens (tertiary/aromatic N) is 2. The largest absolute Gasteiger partial charge is 0.454 e. The highest BCUT2D eigenvalue weighted by Gasteiger charge is 2.19. The van der Waals surface area contributed by atoms with Gasteiger partial charge in [-0.3, -0.25) is 14.5 Å². The lowest BCUT2D eigenvalue weighted by atomic mass is 10.1. The summed E-state index contributed by atoms with van der Waals surface area (Å²) in [7, 11) is 1.92. The van der Waals surface area contributed by atoms with E-state index in [1.165, 1.54) is 21.8 Å². The number of hydrogen-bond donors (Lipinski definition) is 1. The second-order valence-corrected chi connectivity index (χ2v) is 12.5. The molecule has 3 aromatic carbocycles. The first kappa shape index (κ1) is 29.0. The Balaban J connectivity index is 1.07. The predicted octanol–water partition coefficient (Wildman–Crippen LogP) is 6.61. The first-order valence-electron chi connectivity index (χ1n) is 14.3. The van der Waals surface area contributed by atoms with Crippen molar-refractivity contribution in [3.8, 4) is 11.5 Å². The monoisotopic (exact) mass is 611 g/mol. The topological polar surface area (TPSA) is 72.8 Å². The van der Waals surface area contributed by atoms with Crippen LogP contribution in [0.4, 0.5) is 0 Å². The van der Waals surface area contributed by atoms with Crippen LogP contribution in [0.2, 0.25) is 0 Å². The standard InChI is InChI=1S/C34H33N3O4S2/c1-36-22-28(33(38)32-9-5-17-43-32)27-20-25(11-12-29(27)36)34(39)35-14-6-15-37(16-18-42-26-7-3-2-4-8-26)21-24-10-13-30-31(19-24)41-23-40-30/h2-5,7-13,17,19-20,22H,6,14-16,18,21,23H2,1H3,(H,35,39). The average molecular weight is 612 g/mol. The third-order valence-electron chi connectivity index (χ3n) is 7.44. The number of ketones is 1. The van der Waals surface area contributed by atoms with E-state index in [4.69, 9.17) is 9.47 Å². The maximum absolute atomic E-state index is 13.1. The van der Waals surface area contributed by atoms with Gasteiger partial charge < -0.3 is 19.4 Å². The van der Waals surface area contributed by atoms with E-state index in [2.05, 4.69) is 46.6 Å². The second-order valence-electron chi connectivity index (χ2n) is 10.4. The van der Waals surface area contributed by atoms with Crippen molar-refractivity contribution in [2.24, 2.45) is 7.05 Å². The van der Waals surface area contributed by atoms with Crippen molar-refractivity contribution in [1.82, 2.24) is 14.8 Å². The average Bonchev–Trinajstić information content (AvgIpc) is 3.80. The fraction of sp³-hybridized carbons (Fsp3) is 0.235. The summed E-state index contributed by atoms with van der Waals surface area (Å²) >= 11 is 3.27. The Morgan fingerprint density at radius 3 is 2.67 bits per heavy atom. The highest BCUT2D eigenvalue weighted by atomic mass is 32.2. The number of aryl methyl sites for hydroxylation is 1. The van der Waals surface area contributed by atoms with Gasteiger partial charge in [-0.1, -0.05) is 30.3 Å². The summed E-state index contributed by atoms with van der Waals surface area (Å²) in [5, 5.41) is 5.77. The summed E-state index contributed by atoms with van der Waals surface area (Å²) in [6, 6.07) is 25.8. The molecule has 43 heavy (non-hydrogen) atoms. The minimum atomic E-state index is -0.137. The van der Waals surface area contributed by atoms with E-state index in [0.29, 0.717) is 22.5 Å². The molecular formula is C34H33N3O4S2. The van der Waals surface area contributed by atoms with Crippen molar-refractivity contribution in [1.29, 1.82) is 0 Å². The number of hydrogen-bond acceptors (Lipinski definition) is 7. The van der Waals surface area contributed by atoms with Crippen molar-refractivity contribution in [3.63, 3.8) is 0 Å². The zero-order chi connectivity index (χ0) is 29.6. The molecule has 3 heterocycles. The molecule has 220 valence electrons. The van der Waals surface area contributed by atoms with Crippen LogP contribution in [0.3, 0.4) is 0 Å². The summed E-state index contributed by atoms with van der Waals surface area (Å²) < 4.78 is 13.0. The molecule has 5 aromatic rings. The van der Waals surface area contributed by atoms with Gasteiger partial charge in [-0.25, -0.2) is 0 Å². The Hall–Kier alpha value is -4.05. The van der Waals surface area contributed by atoms with Crippen molar-refractivity contribution >= 4 is 45.7 Å². The van der Waals surface area contributed by atoms with Crippen LogP contribution in [0.1, 0.15) is 37.6 Å². The Bertz CT molecular complexity index is 1720. The molecule has 0 atom stereocenters. The molecule has 0 saturated heterocycles. The molecule has 0 radical (unpaired) electrons. The molecule has 1 aliphatic heterocycles. The van der Waals surface area contributed by atoms with Crippen molar-refractivity contribution in [2.75, 3.05) is 32.2 Å². The quantitative estimate of drug-likeness (QED) is 0.0918. The van der Waals surface area contributed by atoms with Crippen LogP contribution < -0.4 is 14.8 Å². The molecule has 1 amide bonds. The maximum atomic E-state index is 13.1. The number of thiophene rings is 1. The number of carbonyl (C=O) groups is 2. The van der Waals surface area contributed by atoms with E-state index in [1.807, 2.05) is 77.4 Å². The van der Waals surface area contributed by atoms with E-state index in [-0.39, 0.29) is 18.5 Å². The highest BCUT2D eigenvalue weighted by Crippen LogP contribution is 2.33. The second kappa shape index (κ2) is 13.5. The number of ether oxygens (including phenoxy) is 2. The van der Waals surface area contributed by atoms with Gasteiger partial charge >= 0.3 is 0 Å². The highest BCUT2D eigenvalue weighted by molar-refractivity contribution is 7.99. The number of carbonyl (C=O) groups excluding carboxylic acids is 2.